The maximum absolute atomic E-state index is 9.75. The van der Waals surface area contributed by atoms with Crippen LogP contribution in [0.1, 0.15) is 38.5 Å². The van der Waals surface area contributed by atoms with Crippen molar-refractivity contribution in [2.75, 3.05) is 19.8 Å². The lowest BCUT2D eigenvalue weighted by Gasteiger charge is -2.30. The van der Waals surface area contributed by atoms with Gasteiger partial charge in [0.1, 0.15) is 0 Å². The van der Waals surface area contributed by atoms with Crippen LogP contribution in [0.2, 0.25) is 0 Å². The largest absolute Gasteiger partial charge is 0.390 e. The number of aliphatic hydroxyl groups excluding tert-OH is 1. The molecule has 2 atom stereocenters. The van der Waals surface area contributed by atoms with Crippen LogP contribution in [0, 0.1) is 5.92 Å². The van der Waals surface area contributed by atoms with Crippen LogP contribution in [0.15, 0.2) is 0 Å². The van der Waals surface area contributed by atoms with Gasteiger partial charge in [-0.2, -0.15) is 0 Å². The average molecular weight is 214 g/mol. The van der Waals surface area contributed by atoms with E-state index in [1.165, 1.54) is 6.42 Å². The Morgan fingerprint density at radius 1 is 1.07 bits per heavy atom. The lowest BCUT2D eigenvalue weighted by atomic mass is 9.94. The predicted octanol–water partition coefficient (Wildman–Crippen LogP) is 1.73. The molecule has 1 saturated heterocycles. The standard InChI is InChI=1S/C12H22O3/c13-11-3-1-2-4-12(11)15-9-10-5-7-14-8-6-10/h10-13H,1-9H2/t11-,12-/m0/s1. The lowest BCUT2D eigenvalue weighted by Crippen LogP contribution is -2.34. The third kappa shape index (κ3) is 3.44. The quantitative estimate of drug-likeness (QED) is 0.777. The Kier molecular flexibility index (Phi) is 4.42. The summed E-state index contributed by atoms with van der Waals surface area (Å²) in [5.41, 5.74) is 0. The maximum Gasteiger partial charge on any atom is 0.0834 e. The van der Waals surface area contributed by atoms with Gasteiger partial charge < -0.3 is 14.6 Å². The van der Waals surface area contributed by atoms with Crippen LogP contribution in [-0.4, -0.2) is 37.1 Å². The van der Waals surface area contributed by atoms with E-state index in [4.69, 9.17) is 9.47 Å². The summed E-state index contributed by atoms with van der Waals surface area (Å²) in [6.07, 6.45) is 6.41. The van der Waals surface area contributed by atoms with E-state index in [1.807, 2.05) is 0 Å². The molecule has 15 heavy (non-hydrogen) atoms. The molecule has 1 saturated carbocycles. The van der Waals surface area contributed by atoms with E-state index < -0.39 is 0 Å². The third-order valence-corrected chi connectivity index (χ3v) is 3.55. The summed E-state index contributed by atoms with van der Waals surface area (Å²) in [7, 11) is 0. The van der Waals surface area contributed by atoms with Crippen molar-refractivity contribution in [2.45, 2.75) is 50.7 Å². The molecule has 0 aromatic heterocycles. The molecule has 2 rings (SSSR count). The van der Waals surface area contributed by atoms with Crippen LogP contribution in [0.25, 0.3) is 0 Å². The van der Waals surface area contributed by atoms with Crippen molar-refractivity contribution in [3.8, 4) is 0 Å². The first kappa shape index (κ1) is 11.4. The average Bonchev–Trinajstić information content (AvgIpc) is 2.29. The molecule has 1 heterocycles. The highest BCUT2D eigenvalue weighted by molar-refractivity contribution is 4.75. The van der Waals surface area contributed by atoms with Crippen LogP contribution in [0.5, 0.6) is 0 Å². The zero-order chi connectivity index (χ0) is 10.5. The molecule has 1 aliphatic heterocycles. The van der Waals surface area contributed by atoms with Crippen LogP contribution in [0.4, 0.5) is 0 Å². The molecule has 0 radical (unpaired) electrons. The first-order valence-corrected chi connectivity index (χ1v) is 6.23. The van der Waals surface area contributed by atoms with Crippen molar-refractivity contribution >= 4 is 0 Å². The molecule has 0 aromatic rings. The fraction of sp³-hybridized carbons (Fsp3) is 1.00. The second-order valence-corrected chi connectivity index (χ2v) is 4.78. The van der Waals surface area contributed by atoms with Crippen LogP contribution < -0.4 is 0 Å². The van der Waals surface area contributed by atoms with Gasteiger partial charge in [0.25, 0.3) is 0 Å². The number of hydrogen-bond donors (Lipinski definition) is 1. The smallest absolute Gasteiger partial charge is 0.0834 e. The maximum atomic E-state index is 9.75. The Morgan fingerprint density at radius 2 is 1.80 bits per heavy atom. The van der Waals surface area contributed by atoms with Crippen LogP contribution in [-0.2, 0) is 9.47 Å². The van der Waals surface area contributed by atoms with Crippen molar-refractivity contribution in [1.82, 2.24) is 0 Å². The molecule has 0 amide bonds. The van der Waals surface area contributed by atoms with Gasteiger partial charge in [-0.15, -0.1) is 0 Å². The molecule has 0 bridgehead atoms. The Labute approximate surface area is 91.8 Å². The van der Waals surface area contributed by atoms with Crippen LogP contribution in [0.3, 0.4) is 0 Å². The summed E-state index contributed by atoms with van der Waals surface area (Å²) < 4.78 is 11.1. The minimum absolute atomic E-state index is 0.0987. The molecule has 0 aromatic carbocycles. The van der Waals surface area contributed by atoms with Crippen molar-refractivity contribution in [3.63, 3.8) is 0 Å². The van der Waals surface area contributed by atoms with Gasteiger partial charge >= 0.3 is 0 Å². The highest BCUT2D eigenvalue weighted by Crippen LogP contribution is 2.23. The number of rotatable bonds is 3. The zero-order valence-electron chi connectivity index (χ0n) is 9.36. The molecule has 3 heteroatoms. The van der Waals surface area contributed by atoms with Gasteiger partial charge in [0.2, 0.25) is 0 Å². The second kappa shape index (κ2) is 5.83. The first-order valence-electron chi connectivity index (χ1n) is 6.23. The summed E-state index contributed by atoms with van der Waals surface area (Å²) in [5.74, 6) is 0.646. The van der Waals surface area contributed by atoms with Gasteiger partial charge in [-0.3, -0.25) is 0 Å². The van der Waals surface area contributed by atoms with Crippen molar-refractivity contribution in [2.24, 2.45) is 5.92 Å². The number of hydrogen-bond acceptors (Lipinski definition) is 3. The van der Waals surface area contributed by atoms with Crippen molar-refractivity contribution < 1.29 is 14.6 Å². The van der Waals surface area contributed by atoms with Gasteiger partial charge in [0.15, 0.2) is 0 Å². The number of ether oxygens (including phenoxy) is 2. The summed E-state index contributed by atoms with van der Waals surface area (Å²) in [5, 5.41) is 9.75. The topological polar surface area (TPSA) is 38.7 Å². The molecule has 1 aliphatic carbocycles. The molecular formula is C12H22O3. The van der Waals surface area contributed by atoms with E-state index in [9.17, 15) is 5.11 Å². The predicted molar refractivity (Wildman–Crippen MR) is 57.8 cm³/mol. The minimum atomic E-state index is -0.224. The summed E-state index contributed by atoms with van der Waals surface area (Å²) in [6, 6.07) is 0. The highest BCUT2D eigenvalue weighted by Gasteiger charge is 2.25. The van der Waals surface area contributed by atoms with Crippen molar-refractivity contribution in [3.05, 3.63) is 0 Å². The number of aliphatic hydroxyl groups is 1. The van der Waals surface area contributed by atoms with E-state index in [0.29, 0.717) is 5.92 Å². The molecular weight excluding hydrogens is 192 g/mol. The monoisotopic (exact) mass is 214 g/mol. The van der Waals surface area contributed by atoms with Gasteiger partial charge in [-0.05, 0) is 31.6 Å². The van der Waals surface area contributed by atoms with E-state index in [-0.39, 0.29) is 12.2 Å². The van der Waals surface area contributed by atoms with Crippen molar-refractivity contribution in [1.29, 1.82) is 0 Å². The Morgan fingerprint density at radius 3 is 2.53 bits per heavy atom. The summed E-state index contributed by atoms with van der Waals surface area (Å²) in [6.45, 7) is 2.56. The highest BCUT2D eigenvalue weighted by atomic mass is 16.5. The van der Waals surface area contributed by atoms with E-state index in [0.717, 1.165) is 51.9 Å². The molecule has 2 aliphatic rings. The SMILES string of the molecule is O[C@H]1CCCC[C@@H]1OCC1CCOCC1. The second-order valence-electron chi connectivity index (χ2n) is 4.78. The molecule has 0 unspecified atom stereocenters. The Hall–Kier alpha value is -0.120. The summed E-state index contributed by atoms with van der Waals surface area (Å²) >= 11 is 0. The molecule has 2 fully saturated rings. The Bertz CT molecular complexity index is 178. The molecule has 88 valence electrons. The lowest BCUT2D eigenvalue weighted by molar-refractivity contribution is -0.0792. The van der Waals surface area contributed by atoms with Gasteiger partial charge in [-0.1, -0.05) is 12.8 Å². The van der Waals surface area contributed by atoms with E-state index >= 15 is 0 Å². The molecule has 1 N–H and O–H groups in total. The van der Waals surface area contributed by atoms with E-state index in [2.05, 4.69) is 0 Å². The zero-order valence-corrected chi connectivity index (χ0v) is 9.36. The minimum Gasteiger partial charge on any atom is -0.390 e. The van der Waals surface area contributed by atoms with Gasteiger partial charge in [0, 0.05) is 13.2 Å². The Balaban J connectivity index is 1.67. The fourth-order valence-electron chi connectivity index (χ4n) is 2.44. The van der Waals surface area contributed by atoms with Gasteiger partial charge in [-0.25, -0.2) is 0 Å². The summed E-state index contributed by atoms with van der Waals surface area (Å²) in [4.78, 5) is 0. The first-order chi connectivity index (χ1) is 7.36. The van der Waals surface area contributed by atoms with Crippen LogP contribution >= 0.6 is 0 Å². The molecule has 0 spiro atoms. The normalized spacial score (nSPS) is 34.2. The van der Waals surface area contributed by atoms with E-state index in [1.54, 1.807) is 0 Å². The molecule has 3 nitrogen and oxygen atoms in total. The third-order valence-electron chi connectivity index (χ3n) is 3.55. The fourth-order valence-corrected chi connectivity index (χ4v) is 2.44. The van der Waals surface area contributed by atoms with Gasteiger partial charge in [0.05, 0.1) is 18.8 Å².